The number of carbonyl (C=O) groups excluding carboxylic acids is 2. The molecule has 0 unspecified atom stereocenters. The molecule has 2 fully saturated rings. The predicted molar refractivity (Wildman–Crippen MR) is 89.2 cm³/mol. The van der Waals surface area contributed by atoms with Crippen LogP contribution in [0.25, 0.3) is 0 Å². The Bertz CT molecular complexity index is 835. The van der Waals surface area contributed by atoms with Gasteiger partial charge >= 0.3 is 0 Å². The van der Waals surface area contributed by atoms with E-state index in [1.54, 1.807) is 6.20 Å². The van der Waals surface area contributed by atoms with Gasteiger partial charge in [0.25, 0.3) is 0 Å². The second-order valence-corrected chi connectivity index (χ2v) is 7.74. The van der Waals surface area contributed by atoms with Crippen LogP contribution in [-0.4, -0.2) is 22.3 Å². The van der Waals surface area contributed by atoms with Crippen molar-refractivity contribution in [1.29, 1.82) is 0 Å². The molecule has 24 heavy (non-hydrogen) atoms. The zero-order valence-corrected chi connectivity index (χ0v) is 13.7. The highest BCUT2D eigenvalue weighted by atomic mass is 32.1. The first kappa shape index (κ1) is 14.2. The van der Waals surface area contributed by atoms with Crippen molar-refractivity contribution in [2.24, 2.45) is 17.8 Å². The zero-order chi connectivity index (χ0) is 16.3. The van der Waals surface area contributed by atoms with Crippen molar-refractivity contribution in [2.45, 2.75) is 24.9 Å². The highest BCUT2D eigenvalue weighted by Gasteiger charge is 2.70. The first-order valence-electron chi connectivity index (χ1n) is 8.20. The second kappa shape index (κ2) is 4.89. The van der Waals surface area contributed by atoms with Crippen LogP contribution in [0.15, 0.2) is 35.8 Å². The largest absolute Gasteiger partial charge is 0.486 e. The maximum absolute atomic E-state index is 12.6. The molecule has 1 amide bonds. The van der Waals surface area contributed by atoms with Crippen molar-refractivity contribution in [3.63, 3.8) is 0 Å². The Morgan fingerprint density at radius 3 is 3.08 bits per heavy atom. The minimum Gasteiger partial charge on any atom is -0.486 e. The van der Waals surface area contributed by atoms with Gasteiger partial charge in [-0.2, -0.15) is 0 Å². The number of aromatic nitrogens is 1. The molecule has 5 rings (SSSR count). The quantitative estimate of drug-likeness (QED) is 0.912. The van der Waals surface area contributed by atoms with Crippen molar-refractivity contribution in [3.8, 4) is 5.75 Å². The summed E-state index contributed by atoms with van der Waals surface area (Å²) >= 11 is 1.41. The van der Waals surface area contributed by atoms with Crippen LogP contribution in [0.2, 0.25) is 0 Å². The minimum absolute atomic E-state index is 0.00827. The number of fused-ring (bicyclic) bond motifs is 3. The summed E-state index contributed by atoms with van der Waals surface area (Å²) in [5, 5.41) is 5.36. The number of carbonyl (C=O) groups is 2. The normalized spacial score (nSPS) is 32.8. The van der Waals surface area contributed by atoms with Crippen LogP contribution < -0.4 is 10.1 Å². The van der Waals surface area contributed by atoms with E-state index in [2.05, 4.69) is 10.3 Å². The van der Waals surface area contributed by atoms with Gasteiger partial charge < -0.3 is 10.1 Å². The first-order valence-corrected chi connectivity index (χ1v) is 9.07. The standard InChI is InChI=1S/C18H16N2O3S/c21-12-9-18(23-13-4-2-1-3-10(12)13)6-5-11-14(15(11)18)16(22)20-17-19-7-8-24-17/h1-4,7-8,11,14-15H,5-6,9H2,(H,19,20,22)/t11-,14+,15-,18+/m1/s1. The number of Topliss-reactive ketones (excluding diaryl/α,β-unsaturated/α-hetero) is 1. The van der Waals surface area contributed by atoms with Crippen LogP contribution in [-0.2, 0) is 4.79 Å². The molecular weight excluding hydrogens is 324 g/mol. The molecule has 4 atom stereocenters. The third-order valence-electron chi connectivity index (χ3n) is 5.60. The summed E-state index contributed by atoms with van der Waals surface area (Å²) in [6.07, 6.45) is 3.85. The summed E-state index contributed by atoms with van der Waals surface area (Å²) in [5.41, 5.74) is 0.164. The zero-order valence-electron chi connectivity index (χ0n) is 12.9. The number of hydrogen-bond donors (Lipinski definition) is 1. The van der Waals surface area contributed by atoms with Gasteiger partial charge in [0.2, 0.25) is 5.91 Å². The maximum Gasteiger partial charge on any atom is 0.230 e. The van der Waals surface area contributed by atoms with Gasteiger partial charge in [0.05, 0.1) is 12.0 Å². The fraction of sp³-hybridized carbons (Fsp3) is 0.389. The van der Waals surface area contributed by atoms with Crippen LogP contribution in [0.5, 0.6) is 5.75 Å². The average molecular weight is 340 g/mol. The number of para-hydroxylation sites is 1. The molecule has 0 saturated heterocycles. The van der Waals surface area contributed by atoms with Crippen molar-refractivity contribution in [2.75, 3.05) is 5.32 Å². The predicted octanol–water partition coefficient (Wildman–Crippen LogP) is 3.14. The summed E-state index contributed by atoms with van der Waals surface area (Å²) < 4.78 is 6.31. The fourth-order valence-electron chi connectivity index (χ4n) is 4.59. The smallest absolute Gasteiger partial charge is 0.230 e. The number of amides is 1. The highest BCUT2D eigenvalue weighted by molar-refractivity contribution is 7.13. The molecule has 2 aliphatic carbocycles. The van der Waals surface area contributed by atoms with Crippen molar-refractivity contribution < 1.29 is 14.3 Å². The van der Waals surface area contributed by atoms with Gasteiger partial charge in [-0.1, -0.05) is 12.1 Å². The number of nitrogens with one attached hydrogen (secondary N) is 1. The number of hydrogen-bond acceptors (Lipinski definition) is 5. The molecule has 6 heteroatoms. The van der Waals surface area contributed by atoms with Gasteiger partial charge in [-0.05, 0) is 30.9 Å². The number of rotatable bonds is 2. The third kappa shape index (κ3) is 1.95. The Labute approximate surface area is 143 Å². The molecule has 1 aromatic carbocycles. The Balaban J connectivity index is 1.39. The molecule has 2 saturated carbocycles. The topological polar surface area (TPSA) is 68.3 Å². The van der Waals surface area contributed by atoms with E-state index >= 15 is 0 Å². The van der Waals surface area contributed by atoms with E-state index in [4.69, 9.17) is 4.74 Å². The Kier molecular flexibility index (Phi) is 2.89. The molecule has 2 aromatic rings. The fourth-order valence-corrected chi connectivity index (χ4v) is 5.12. The monoisotopic (exact) mass is 340 g/mol. The lowest BCUT2D eigenvalue weighted by Gasteiger charge is -2.37. The number of ketones is 1. The van der Waals surface area contributed by atoms with Crippen molar-refractivity contribution >= 4 is 28.2 Å². The summed E-state index contributed by atoms with van der Waals surface area (Å²) in [6.45, 7) is 0. The molecule has 1 aromatic heterocycles. The number of thiazole rings is 1. The van der Waals surface area contributed by atoms with Gasteiger partial charge in [0, 0.05) is 23.4 Å². The molecule has 3 aliphatic rings. The second-order valence-electron chi connectivity index (χ2n) is 6.84. The van der Waals surface area contributed by atoms with E-state index in [1.165, 1.54) is 11.3 Å². The number of anilines is 1. The molecule has 122 valence electrons. The first-order chi connectivity index (χ1) is 11.7. The molecule has 1 N–H and O–H groups in total. The van der Waals surface area contributed by atoms with Crippen molar-refractivity contribution in [1.82, 2.24) is 4.98 Å². The van der Waals surface area contributed by atoms with Crippen molar-refractivity contribution in [3.05, 3.63) is 41.4 Å². The lowest BCUT2D eigenvalue weighted by molar-refractivity contribution is -0.119. The van der Waals surface area contributed by atoms with Gasteiger partial charge in [-0.3, -0.25) is 9.59 Å². The Hall–Kier alpha value is -2.21. The average Bonchev–Trinajstić information content (AvgIpc) is 2.91. The summed E-state index contributed by atoms with van der Waals surface area (Å²) in [5.74, 6) is 1.19. The lowest BCUT2D eigenvalue weighted by Crippen LogP contribution is -2.44. The van der Waals surface area contributed by atoms with E-state index in [0.717, 1.165) is 12.8 Å². The molecule has 1 spiro atoms. The van der Waals surface area contributed by atoms with E-state index in [9.17, 15) is 9.59 Å². The molecule has 0 bridgehead atoms. The van der Waals surface area contributed by atoms with Crippen LogP contribution >= 0.6 is 11.3 Å². The molecule has 5 nitrogen and oxygen atoms in total. The molecule has 2 heterocycles. The highest BCUT2D eigenvalue weighted by Crippen LogP contribution is 2.65. The third-order valence-corrected chi connectivity index (χ3v) is 6.29. The summed E-state index contributed by atoms with van der Waals surface area (Å²) in [4.78, 5) is 29.2. The van der Waals surface area contributed by atoms with Crippen LogP contribution in [0.3, 0.4) is 0 Å². The van der Waals surface area contributed by atoms with Crippen LogP contribution in [0.1, 0.15) is 29.6 Å². The molecule has 0 radical (unpaired) electrons. The lowest BCUT2D eigenvalue weighted by atomic mass is 9.84. The summed E-state index contributed by atoms with van der Waals surface area (Å²) in [6, 6.07) is 7.42. The SMILES string of the molecule is O=C1C[C@]2(CC[C@@H]3[C@H](C(=O)Nc4nccs4)[C@@H]32)Oc2ccccc21. The van der Waals surface area contributed by atoms with E-state index < -0.39 is 5.60 Å². The number of nitrogens with zero attached hydrogens (tertiary/aromatic N) is 1. The number of benzene rings is 1. The van der Waals surface area contributed by atoms with E-state index in [0.29, 0.717) is 28.8 Å². The van der Waals surface area contributed by atoms with Crippen LogP contribution in [0, 0.1) is 17.8 Å². The van der Waals surface area contributed by atoms with Gasteiger partial charge in [-0.25, -0.2) is 4.98 Å². The van der Waals surface area contributed by atoms with Gasteiger partial charge in [0.15, 0.2) is 10.9 Å². The van der Waals surface area contributed by atoms with Gasteiger partial charge in [0.1, 0.15) is 11.4 Å². The maximum atomic E-state index is 12.6. The van der Waals surface area contributed by atoms with E-state index in [-0.39, 0.29) is 23.5 Å². The Morgan fingerprint density at radius 2 is 2.25 bits per heavy atom. The van der Waals surface area contributed by atoms with Crippen LogP contribution in [0.4, 0.5) is 5.13 Å². The molecular formula is C18H16N2O3S. The molecule has 1 aliphatic heterocycles. The number of ether oxygens (including phenoxy) is 1. The van der Waals surface area contributed by atoms with Gasteiger partial charge in [-0.15, -0.1) is 11.3 Å². The summed E-state index contributed by atoms with van der Waals surface area (Å²) in [7, 11) is 0. The Morgan fingerprint density at radius 1 is 1.38 bits per heavy atom. The van der Waals surface area contributed by atoms with E-state index in [1.807, 2.05) is 29.6 Å². The minimum atomic E-state index is -0.499.